The highest BCUT2D eigenvalue weighted by molar-refractivity contribution is 5.91. The van der Waals surface area contributed by atoms with Crippen LogP contribution in [0.2, 0.25) is 0 Å². The van der Waals surface area contributed by atoms with Gasteiger partial charge in [-0.25, -0.2) is 14.0 Å². The largest absolute Gasteiger partial charge is 0.449 e. The predicted molar refractivity (Wildman–Crippen MR) is 134 cm³/mol. The molecule has 4 heterocycles. The molecule has 2 bridgehead atoms. The van der Waals surface area contributed by atoms with Gasteiger partial charge in [-0.05, 0) is 101 Å². The van der Waals surface area contributed by atoms with E-state index in [-0.39, 0.29) is 41.6 Å². The molecule has 0 aromatic heterocycles. The first-order valence-electron chi connectivity index (χ1n) is 13.9. The topological polar surface area (TPSA) is 62.3 Å². The molecule has 1 aromatic rings. The van der Waals surface area contributed by atoms with Crippen LogP contribution in [0.3, 0.4) is 0 Å². The lowest BCUT2D eigenvalue weighted by Gasteiger charge is -2.47. The van der Waals surface area contributed by atoms with Crippen molar-refractivity contribution in [2.75, 3.05) is 31.1 Å². The highest BCUT2D eigenvalue weighted by Gasteiger charge is 2.50. The minimum atomic E-state index is -0.286. The molecule has 2 amide bonds. The van der Waals surface area contributed by atoms with Crippen LogP contribution in [0.25, 0.3) is 0 Å². The maximum Gasteiger partial charge on any atom is 0.414 e. The molecule has 2 atom stereocenters. The summed E-state index contributed by atoms with van der Waals surface area (Å²) in [6.07, 6.45) is 9.33. The van der Waals surface area contributed by atoms with Gasteiger partial charge in [0.05, 0.1) is 12.3 Å². The molecule has 1 saturated carbocycles. The van der Waals surface area contributed by atoms with E-state index in [0.717, 1.165) is 88.5 Å². The summed E-state index contributed by atoms with van der Waals surface area (Å²) < 4.78 is 25.5. The van der Waals surface area contributed by atoms with Crippen LogP contribution < -0.4 is 4.90 Å². The molecule has 1 aliphatic carbocycles. The summed E-state index contributed by atoms with van der Waals surface area (Å²) in [6, 6.07) is 5.84. The molecule has 7 nitrogen and oxygen atoms in total. The molecule has 0 radical (unpaired) electrons. The number of hydrogen-bond donors (Lipinski definition) is 0. The molecule has 0 N–H and O–H groups in total. The number of likely N-dealkylation sites (tertiary alicyclic amines) is 1. The Labute approximate surface area is 212 Å². The third kappa shape index (κ3) is 4.15. The molecular formula is C28H38FN3O4. The van der Waals surface area contributed by atoms with Crippen molar-refractivity contribution in [3.05, 3.63) is 29.6 Å². The van der Waals surface area contributed by atoms with Gasteiger partial charge in [0.2, 0.25) is 0 Å². The lowest BCUT2D eigenvalue weighted by Crippen LogP contribution is -2.55. The summed E-state index contributed by atoms with van der Waals surface area (Å²) >= 11 is 0. The van der Waals surface area contributed by atoms with Gasteiger partial charge in [0, 0.05) is 30.1 Å². The Hall–Kier alpha value is -2.35. The van der Waals surface area contributed by atoms with Crippen LogP contribution in [-0.4, -0.2) is 72.5 Å². The number of halogens is 1. The molecule has 5 aliphatic rings. The molecule has 4 aliphatic heterocycles. The second-order valence-electron chi connectivity index (χ2n) is 11.5. The fraction of sp³-hybridized carbons (Fsp3) is 0.714. The predicted octanol–water partition coefficient (Wildman–Crippen LogP) is 5.21. The molecule has 1 aromatic carbocycles. The van der Waals surface area contributed by atoms with Gasteiger partial charge in [0.1, 0.15) is 11.9 Å². The van der Waals surface area contributed by atoms with Crippen LogP contribution in [0.5, 0.6) is 0 Å². The second-order valence-corrected chi connectivity index (χ2v) is 11.5. The van der Waals surface area contributed by atoms with Crippen LogP contribution in [0.15, 0.2) is 18.2 Å². The maximum absolute atomic E-state index is 14.4. The minimum absolute atomic E-state index is 0.0280. The highest BCUT2D eigenvalue weighted by atomic mass is 19.1. The number of fused-ring (bicyclic) bond motifs is 4. The zero-order valence-electron chi connectivity index (χ0n) is 21.3. The van der Waals surface area contributed by atoms with E-state index in [1.807, 2.05) is 11.8 Å². The summed E-state index contributed by atoms with van der Waals surface area (Å²) in [4.78, 5) is 32.0. The van der Waals surface area contributed by atoms with E-state index in [2.05, 4.69) is 4.90 Å². The van der Waals surface area contributed by atoms with E-state index in [1.165, 1.54) is 6.07 Å². The molecule has 6 rings (SSSR count). The first-order chi connectivity index (χ1) is 17.5. The van der Waals surface area contributed by atoms with Crippen LogP contribution >= 0.6 is 0 Å². The van der Waals surface area contributed by atoms with Gasteiger partial charge in [-0.1, -0.05) is 6.92 Å². The summed E-state index contributed by atoms with van der Waals surface area (Å²) in [5.74, 6) is -0.247. The van der Waals surface area contributed by atoms with Gasteiger partial charge >= 0.3 is 12.2 Å². The number of carbonyl (C=O) groups excluding carboxylic acids is 2. The Bertz CT molecular complexity index is 993. The fourth-order valence-electron chi connectivity index (χ4n) is 7.25. The van der Waals surface area contributed by atoms with E-state index in [1.54, 1.807) is 17.0 Å². The molecule has 36 heavy (non-hydrogen) atoms. The van der Waals surface area contributed by atoms with Crippen molar-refractivity contribution in [2.45, 2.75) is 101 Å². The Balaban J connectivity index is 1.13. The van der Waals surface area contributed by atoms with Gasteiger partial charge in [0.25, 0.3) is 0 Å². The van der Waals surface area contributed by atoms with Gasteiger partial charge < -0.3 is 19.3 Å². The molecule has 1 spiro atoms. The number of benzene rings is 1. The van der Waals surface area contributed by atoms with Crippen molar-refractivity contribution in [2.24, 2.45) is 0 Å². The molecule has 4 fully saturated rings. The van der Waals surface area contributed by atoms with Crippen LogP contribution in [0.4, 0.5) is 19.7 Å². The average Bonchev–Trinajstić information content (AvgIpc) is 3.30. The number of carbonyl (C=O) groups is 2. The van der Waals surface area contributed by atoms with Crippen LogP contribution in [0.1, 0.15) is 76.7 Å². The number of ether oxygens (including phenoxy) is 2. The zero-order valence-corrected chi connectivity index (χ0v) is 21.3. The van der Waals surface area contributed by atoms with Crippen molar-refractivity contribution in [1.82, 2.24) is 9.80 Å². The number of hydrogen-bond acceptors (Lipinski definition) is 5. The first-order valence-corrected chi connectivity index (χ1v) is 13.9. The van der Waals surface area contributed by atoms with Crippen LogP contribution in [-0.2, 0) is 14.9 Å². The zero-order chi connectivity index (χ0) is 24.9. The van der Waals surface area contributed by atoms with E-state index < -0.39 is 0 Å². The Morgan fingerprint density at radius 2 is 1.75 bits per heavy atom. The molecule has 196 valence electrons. The fourth-order valence-corrected chi connectivity index (χ4v) is 7.25. The van der Waals surface area contributed by atoms with Gasteiger partial charge in [-0.15, -0.1) is 0 Å². The van der Waals surface area contributed by atoms with Crippen molar-refractivity contribution in [1.29, 1.82) is 0 Å². The average molecular weight is 500 g/mol. The summed E-state index contributed by atoms with van der Waals surface area (Å²) in [5.41, 5.74) is 1.54. The normalized spacial score (nSPS) is 29.2. The minimum Gasteiger partial charge on any atom is -0.449 e. The second kappa shape index (κ2) is 9.51. The van der Waals surface area contributed by atoms with Crippen molar-refractivity contribution in [3.8, 4) is 0 Å². The van der Waals surface area contributed by atoms with Crippen molar-refractivity contribution < 1.29 is 23.5 Å². The van der Waals surface area contributed by atoms with E-state index in [0.29, 0.717) is 19.2 Å². The lowest BCUT2D eigenvalue weighted by atomic mass is 9.73. The number of amides is 2. The molecule has 2 unspecified atom stereocenters. The SMILES string of the molecule is CCCOC(=O)N1C2CCC1CC(N1CCC3(CC1)CN(C(=O)OC1CCC1)c1ccc(F)cc13)C2. The monoisotopic (exact) mass is 499 g/mol. The highest BCUT2D eigenvalue weighted by Crippen LogP contribution is 2.49. The first kappa shape index (κ1) is 24.0. The summed E-state index contributed by atoms with van der Waals surface area (Å²) in [6.45, 7) is 4.92. The Kier molecular flexibility index (Phi) is 6.34. The third-order valence-electron chi connectivity index (χ3n) is 9.44. The smallest absolute Gasteiger partial charge is 0.414 e. The van der Waals surface area contributed by atoms with Gasteiger partial charge in [-0.2, -0.15) is 0 Å². The summed E-state index contributed by atoms with van der Waals surface area (Å²) in [7, 11) is 0. The molecule has 8 heteroatoms. The summed E-state index contributed by atoms with van der Waals surface area (Å²) in [5, 5.41) is 0. The van der Waals surface area contributed by atoms with Gasteiger partial charge in [-0.3, -0.25) is 4.90 Å². The molecule has 3 saturated heterocycles. The number of piperidine rings is 2. The maximum atomic E-state index is 14.4. The van der Waals surface area contributed by atoms with E-state index in [9.17, 15) is 14.0 Å². The Morgan fingerprint density at radius 1 is 1.03 bits per heavy atom. The van der Waals surface area contributed by atoms with Gasteiger partial charge in [0.15, 0.2) is 0 Å². The third-order valence-corrected chi connectivity index (χ3v) is 9.44. The number of rotatable bonds is 4. The Morgan fingerprint density at radius 3 is 2.39 bits per heavy atom. The lowest BCUT2D eigenvalue weighted by molar-refractivity contribution is 0.0262. The van der Waals surface area contributed by atoms with Crippen LogP contribution in [0, 0.1) is 5.82 Å². The molecular weight excluding hydrogens is 461 g/mol. The van der Waals surface area contributed by atoms with E-state index >= 15 is 0 Å². The quantitative estimate of drug-likeness (QED) is 0.569. The van der Waals surface area contributed by atoms with Crippen molar-refractivity contribution >= 4 is 17.9 Å². The number of nitrogens with zero attached hydrogens (tertiary/aromatic N) is 3. The standard InChI is InChI=1S/C28H38FN3O4/c1-2-14-35-27(34)32-20-7-8-21(32)17-22(16-20)30-12-10-28(11-13-30)18-31(26(33)36-23-4-3-5-23)25-9-6-19(29)15-24(25)28/h6,9,15,20-23H,2-5,7-8,10-14,16-18H2,1H3. The van der Waals surface area contributed by atoms with Crippen molar-refractivity contribution in [3.63, 3.8) is 0 Å². The number of anilines is 1. The van der Waals surface area contributed by atoms with E-state index in [4.69, 9.17) is 9.47 Å².